The van der Waals surface area contributed by atoms with Crippen molar-refractivity contribution in [1.82, 2.24) is 14.6 Å². The van der Waals surface area contributed by atoms with E-state index in [1.807, 2.05) is 18.3 Å². The molecule has 88 valence electrons. The second kappa shape index (κ2) is 2.98. The standard InChI is InChI=1S/C12H14N4O/c17-12(9-1-2-9)7-15(8-12)10-4-6-16-11(14-10)3-5-13-16/h3-6,9,17H,1-2,7-8H2. The zero-order chi connectivity index (χ0) is 11.5. The van der Waals surface area contributed by atoms with Crippen molar-refractivity contribution in [3.8, 4) is 0 Å². The molecule has 0 amide bonds. The molecule has 0 aromatic carbocycles. The van der Waals surface area contributed by atoms with E-state index in [0.29, 0.717) is 5.92 Å². The molecule has 17 heavy (non-hydrogen) atoms. The monoisotopic (exact) mass is 230 g/mol. The number of hydrogen-bond donors (Lipinski definition) is 1. The molecule has 1 saturated carbocycles. The number of nitrogens with zero attached hydrogens (tertiary/aromatic N) is 4. The first-order valence-electron chi connectivity index (χ1n) is 6.02. The predicted octanol–water partition coefficient (Wildman–Crippen LogP) is 0.690. The van der Waals surface area contributed by atoms with Crippen LogP contribution in [0.3, 0.4) is 0 Å². The second-order valence-electron chi connectivity index (χ2n) is 5.15. The van der Waals surface area contributed by atoms with Crippen LogP contribution in [0.25, 0.3) is 5.65 Å². The van der Waals surface area contributed by atoms with Gasteiger partial charge in [-0.25, -0.2) is 9.50 Å². The Kier molecular flexibility index (Phi) is 1.65. The number of anilines is 1. The summed E-state index contributed by atoms with van der Waals surface area (Å²) in [5, 5.41) is 14.4. The van der Waals surface area contributed by atoms with Gasteiger partial charge in [0, 0.05) is 12.3 Å². The third kappa shape index (κ3) is 1.35. The van der Waals surface area contributed by atoms with Gasteiger partial charge in [-0.05, 0) is 24.8 Å². The summed E-state index contributed by atoms with van der Waals surface area (Å²) in [4.78, 5) is 6.65. The molecular formula is C12H14N4O. The van der Waals surface area contributed by atoms with E-state index in [1.54, 1.807) is 10.7 Å². The van der Waals surface area contributed by atoms with E-state index in [2.05, 4.69) is 15.0 Å². The molecule has 2 aliphatic rings. The topological polar surface area (TPSA) is 53.7 Å². The zero-order valence-corrected chi connectivity index (χ0v) is 9.45. The minimum absolute atomic E-state index is 0.450. The van der Waals surface area contributed by atoms with Crippen LogP contribution in [0.15, 0.2) is 24.5 Å². The van der Waals surface area contributed by atoms with E-state index in [1.165, 1.54) is 12.8 Å². The van der Waals surface area contributed by atoms with Crippen LogP contribution in [0.5, 0.6) is 0 Å². The summed E-state index contributed by atoms with van der Waals surface area (Å²) in [6.45, 7) is 1.43. The SMILES string of the molecule is OC1(C2CC2)CN(c2ccn3nccc3n2)C1. The molecule has 0 radical (unpaired) electrons. The number of aromatic nitrogens is 3. The summed E-state index contributed by atoms with van der Waals surface area (Å²) in [5.41, 5.74) is 0.401. The Balaban J connectivity index is 1.59. The fraction of sp³-hybridized carbons (Fsp3) is 0.500. The average molecular weight is 230 g/mol. The highest BCUT2D eigenvalue weighted by Gasteiger charge is 2.52. The van der Waals surface area contributed by atoms with Gasteiger partial charge in [0.25, 0.3) is 0 Å². The van der Waals surface area contributed by atoms with Crippen LogP contribution < -0.4 is 4.90 Å². The van der Waals surface area contributed by atoms with Crippen molar-refractivity contribution in [3.05, 3.63) is 24.5 Å². The van der Waals surface area contributed by atoms with Gasteiger partial charge in [0.1, 0.15) is 11.4 Å². The van der Waals surface area contributed by atoms with Crippen LogP contribution in [0.4, 0.5) is 5.82 Å². The third-order valence-corrected chi connectivity index (χ3v) is 3.83. The maximum atomic E-state index is 10.3. The highest BCUT2D eigenvalue weighted by molar-refractivity contribution is 5.50. The molecule has 5 nitrogen and oxygen atoms in total. The lowest BCUT2D eigenvalue weighted by Crippen LogP contribution is -2.63. The molecule has 4 rings (SSSR count). The van der Waals surface area contributed by atoms with Gasteiger partial charge < -0.3 is 10.0 Å². The smallest absolute Gasteiger partial charge is 0.157 e. The molecule has 3 heterocycles. The van der Waals surface area contributed by atoms with Crippen LogP contribution in [0.2, 0.25) is 0 Å². The van der Waals surface area contributed by atoms with E-state index in [4.69, 9.17) is 0 Å². The van der Waals surface area contributed by atoms with Gasteiger partial charge >= 0.3 is 0 Å². The summed E-state index contributed by atoms with van der Waals surface area (Å²) in [6, 6.07) is 3.84. The molecule has 1 saturated heterocycles. The lowest BCUT2D eigenvalue weighted by molar-refractivity contribution is -0.00972. The highest BCUT2D eigenvalue weighted by atomic mass is 16.3. The molecule has 0 atom stereocenters. The van der Waals surface area contributed by atoms with Crippen molar-refractivity contribution in [2.45, 2.75) is 18.4 Å². The van der Waals surface area contributed by atoms with Crippen molar-refractivity contribution in [3.63, 3.8) is 0 Å². The van der Waals surface area contributed by atoms with Gasteiger partial charge in [-0.3, -0.25) is 0 Å². The Hall–Kier alpha value is -1.62. The summed E-state index contributed by atoms with van der Waals surface area (Å²) in [6.07, 6.45) is 6.01. The molecular weight excluding hydrogens is 216 g/mol. The maximum absolute atomic E-state index is 10.3. The first-order valence-corrected chi connectivity index (χ1v) is 6.02. The molecule has 0 unspecified atom stereocenters. The Morgan fingerprint density at radius 2 is 2.12 bits per heavy atom. The number of aliphatic hydroxyl groups is 1. The Bertz CT molecular complexity index is 569. The third-order valence-electron chi connectivity index (χ3n) is 3.83. The van der Waals surface area contributed by atoms with Gasteiger partial charge in [-0.2, -0.15) is 5.10 Å². The minimum Gasteiger partial charge on any atom is -0.386 e. The first kappa shape index (κ1) is 9.41. The van der Waals surface area contributed by atoms with Gasteiger partial charge in [0.05, 0.1) is 19.3 Å². The average Bonchev–Trinajstić information content (AvgIpc) is 3.03. The molecule has 2 aromatic heterocycles. The van der Waals surface area contributed by atoms with Crippen molar-refractivity contribution < 1.29 is 5.11 Å². The minimum atomic E-state index is -0.450. The maximum Gasteiger partial charge on any atom is 0.157 e. The van der Waals surface area contributed by atoms with Crippen LogP contribution in [-0.4, -0.2) is 38.4 Å². The van der Waals surface area contributed by atoms with E-state index < -0.39 is 5.60 Å². The number of fused-ring (bicyclic) bond motifs is 1. The summed E-state index contributed by atoms with van der Waals surface area (Å²) >= 11 is 0. The van der Waals surface area contributed by atoms with Gasteiger partial charge in [0.15, 0.2) is 5.65 Å². The predicted molar refractivity (Wildman–Crippen MR) is 62.9 cm³/mol. The van der Waals surface area contributed by atoms with Crippen LogP contribution in [0, 0.1) is 5.92 Å². The Labute approximate surface area is 98.7 Å². The molecule has 5 heteroatoms. The lowest BCUT2D eigenvalue weighted by atomic mass is 9.89. The molecule has 1 aliphatic heterocycles. The van der Waals surface area contributed by atoms with Gasteiger partial charge in [0.2, 0.25) is 0 Å². The Morgan fingerprint density at radius 1 is 1.29 bits per heavy atom. The number of hydrogen-bond acceptors (Lipinski definition) is 4. The van der Waals surface area contributed by atoms with E-state index >= 15 is 0 Å². The second-order valence-corrected chi connectivity index (χ2v) is 5.15. The van der Waals surface area contributed by atoms with Crippen LogP contribution in [0.1, 0.15) is 12.8 Å². The van der Waals surface area contributed by atoms with Crippen LogP contribution in [-0.2, 0) is 0 Å². The molecule has 0 bridgehead atoms. The van der Waals surface area contributed by atoms with Gasteiger partial charge in [-0.15, -0.1) is 0 Å². The quantitative estimate of drug-likeness (QED) is 0.824. The normalized spacial score (nSPS) is 22.8. The van der Waals surface area contributed by atoms with Crippen molar-refractivity contribution in [1.29, 1.82) is 0 Å². The Morgan fingerprint density at radius 3 is 2.88 bits per heavy atom. The number of β-amino-alcohol motifs (C(OH)–C–C–N with tert-alkyl or cyclic N) is 1. The van der Waals surface area contributed by atoms with Crippen molar-refractivity contribution in [2.24, 2.45) is 5.92 Å². The molecule has 1 N–H and O–H groups in total. The number of rotatable bonds is 2. The van der Waals surface area contributed by atoms with Crippen molar-refractivity contribution in [2.75, 3.05) is 18.0 Å². The molecule has 2 aromatic rings. The molecule has 0 spiro atoms. The first-order chi connectivity index (χ1) is 8.24. The molecule has 1 aliphatic carbocycles. The summed E-state index contributed by atoms with van der Waals surface area (Å²) in [7, 11) is 0. The fourth-order valence-electron chi connectivity index (χ4n) is 2.63. The largest absolute Gasteiger partial charge is 0.386 e. The van der Waals surface area contributed by atoms with Crippen LogP contribution >= 0.6 is 0 Å². The van der Waals surface area contributed by atoms with Gasteiger partial charge in [-0.1, -0.05) is 0 Å². The van der Waals surface area contributed by atoms with E-state index in [9.17, 15) is 5.11 Å². The van der Waals surface area contributed by atoms with E-state index in [0.717, 1.165) is 24.6 Å². The zero-order valence-electron chi connectivity index (χ0n) is 9.45. The fourth-order valence-corrected chi connectivity index (χ4v) is 2.63. The summed E-state index contributed by atoms with van der Waals surface area (Å²) < 4.78 is 1.75. The lowest BCUT2D eigenvalue weighted by Gasteiger charge is -2.47. The molecule has 2 fully saturated rings. The summed E-state index contributed by atoms with van der Waals surface area (Å²) in [5.74, 6) is 1.46. The van der Waals surface area contributed by atoms with Crippen molar-refractivity contribution >= 4 is 11.5 Å². The highest BCUT2D eigenvalue weighted by Crippen LogP contribution is 2.45. The van der Waals surface area contributed by atoms with E-state index in [-0.39, 0.29) is 0 Å².